The van der Waals surface area contributed by atoms with E-state index in [9.17, 15) is 9.00 Å². The molecule has 2 heterocycles. The molecule has 1 atom stereocenters. The van der Waals surface area contributed by atoms with Crippen molar-refractivity contribution < 1.29 is 18.5 Å². The van der Waals surface area contributed by atoms with Gasteiger partial charge in [0.1, 0.15) is 12.4 Å². The number of aryl methyl sites for hydroxylation is 3. The highest BCUT2D eigenvalue weighted by atomic mass is 32.2. The van der Waals surface area contributed by atoms with E-state index in [1.165, 1.54) is 0 Å². The van der Waals surface area contributed by atoms with Crippen LogP contribution in [0.2, 0.25) is 0 Å². The number of fused-ring (bicyclic) bond motifs is 1. The molecule has 1 amide bonds. The van der Waals surface area contributed by atoms with Crippen molar-refractivity contribution in [3.63, 3.8) is 0 Å². The second kappa shape index (κ2) is 19.0. The molecule has 5 rings (SSSR count). The van der Waals surface area contributed by atoms with Gasteiger partial charge in [0.25, 0.3) is 5.91 Å². The molecule has 0 saturated heterocycles. The first-order valence-electron chi connectivity index (χ1n) is 18.9. The molecule has 0 fully saturated rings. The summed E-state index contributed by atoms with van der Waals surface area (Å²) >= 11 is 0. The highest BCUT2D eigenvalue weighted by molar-refractivity contribution is 7.84. The van der Waals surface area contributed by atoms with Gasteiger partial charge in [0, 0.05) is 48.1 Å². The normalized spacial score (nSPS) is 14.7. The summed E-state index contributed by atoms with van der Waals surface area (Å²) in [6.45, 7) is 17.3. The molecule has 1 N–H and O–H groups in total. The fraction of sp³-hybridized carbons (Fsp3) is 0.442. The van der Waals surface area contributed by atoms with Crippen molar-refractivity contribution in [2.24, 2.45) is 5.92 Å². The van der Waals surface area contributed by atoms with Gasteiger partial charge in [0.05, 0.1) is 40.9 Å². The SMILES string of the molecule is CCCCOCCOc1ccc(-c2ccc3c(c2)/C=C(/C(=O)Nc2ccc(S(=O)Cc4c(C)ncn4CCC)c(C)c2)CCCN3CC(C)C)cc1. The summed E-state index contributed by atoms with van der Waals surface area (Å²) in [7, 11) is -1.24. The topological polar surface area (TPSA) is 85.7 Å². The van der Waals surface area contributed by atoms with Gasteiger partial charge in [-0.05, 0) is 116 Å². The first-order valence-corrected chi connectivity index (χ1v) is 20.2. The zero-order chi connectivity index (χ0) is 37.0. The zero-order valence-corrected chi connectivity index (χ0v) is 32.7. The number of benzene rings is 3. The number of aromatic nitrogens is 2. The summed E-state index contributed by atoms with van der Waals surface area (Å²) in [5.74, 6) is 1.63. The Bertz CT molecular complexity index is 1850. The molecule has 0 saturated carbocycles. The fourth-order valence-electron chi connectivity index (χ4n) is 6.62. The van der Waals surface area contributed by atoms with Gasteiger partial charge in [-0.15, -0.1) is 0 Å². The van der Waals surface area contributed by atoms with Gasteiger partial charge >= 0.3 is 0 Å². The number of amides is 1. The predicted octanol–water partition coefficient (Wildman–Crippen LogP) is 9.36. The second-order valence-electron chi connectivity index (χ2n) is 14.1. The van der Waals surface area contributed by atoms with Gasteiger partial charge in [-0.25, -0.2) is 4.98 Å². The Kier molecular flexibility index (Phi) is 14.3. The summed E-state index contributed by atoms with van der Waals surface area (Å²) in [5, 5.41) is 3.15. The van der Waals surface area contributed by atoms with Crippen LogP contribution in [-0.4, -0.2) is 52.6 Å². The Hall–Kier alpha value is -4.21. The third-order valence-electron chi connectivity index (χ3n) is 9.34. The number of hydrogen-bond donors (Lipinski definition) is 1. The van der Waals surface area contributed by atoms with Crippen molar-refractivity contribution in [1.29, 1.82) is 0 Å². The van der Waals surface area contributed by atoms with Crippen molar-refractivity contribution in [1.82, 2.24) is 9.55 Å². The molecule has 1 aliphatic rings. The van der Waals surface area contributed by atoms with Crippen LogP contribution in [0.25, 0.3) is 17.2 Å². The van der Waals surface area contributed by atoms with Gasteiger partial charge in [-0.3, -0.25) is 9.00 Å². The van der Waals surface area contributed by atoms with Crippen molar-refractivity contribution in [2.45, 2.75) is 90.8 Å². The molecule has 9 heteroatoms. The summed E-state index contributed by atoms with van der Waals surface area (Å²) in [5.41, 5.74) is 8.60. The van der Waals surface area contributed by atoms with E-state index >= 15 is 0 Å². The maximum atomic E-state index is 13.8. The molecule has 0 radical (unpaired) electrons. The maximum Gasteiger partial charge on any atom is 0.251 e. The lowest BCUT2D eigenvalue weighted by Gasteiger charge is -2.30. The monoisotopic (exact) mass is 724 g/mol. The number of imidazole rings is 1. The first kappa shape index (κ1) is 39.0. The number of nitrogens with zero attached hydrogens (tertiary/aromatic N) is 3. The fourth-order valence-corrected chi connectivity index (χ4v) is 8.04. The van der Waals surface area contributed by atoms with Crippen LogP contribution in [0.4, 0.5) is 11.4 Å². The third-order valence-corrected chi connectivity index (χ3v) is 10.8. The zero-order valence-electron chi connectivity index (χ0n) is 31.9. The van der Waals surface area contributed by atoms with Crippen LogP contribution >= 0.6 is 0 Å². The number of hydrogen-bond acceptors (Lipinski definition) is 6. The number of carbonyl (C=O) groups excluding carboxylic acids is 1. The summed E-state index contributed by atoms with van der Waals surface area (Å²) < 4.78 is 27.1. The number of unbranched alkanes of at least 4 members (excludes halogenated alkanes) is 1. The van der Waals surface area contributed by atoms with Gasteiger partial charge in [0.15, 0.2) is 0 Å². The highest BCUT2D eigenvalue weighted by Gasteiger charge is 2.20. The summed E-state index contributed by atoms with van der Waals surface area (Å²) in [4.78, 5) is 21.5. The van der Waals surface area contributed by atoms with Crippen molar-refractivity contribution >= 4 is 34.2 Å². The van der Waals surface area contributed by atoms with Crippen LogP contribution in [0.1, 0.15) is 82.3 Å². The predicted molar refractivity (Wildman–Crippen MR) is 215 cm³/mol. The standard InChI is InChI=1S/C43H56N4O4S/c1-7-9-22-50-23-24-51-39-16-12-34(13-17-39)35-14-18-40-37(26-35)27-36(11-10-21-46(40)28-31(3)4)43(48)45-38-15-19-42(32(5)25-38)52(49)29-41-33(6)44-30-47(41)20-8-2/h12-19,25-27,30-31H,7-11,20-24,28-29H2,1-6H3,(H,45,48)/b36-27+. The van der Waals surface area contributed by atoms with E-state index in [1.807, 2.05) is 50.5 Å². The van der Waals surface area contributed by atoms with Gasteiger partial charge in [-0.1, -0.05) is 52.3 Å². The lowest BCUT2D eigenvalue weighted by Crippen LogP contribution is -2.30. The van der Waals surface area contributed by atoms with Gasteiger partial charge < -0.3 is 24.3 Å². The van der Waals surface area contributed by atoms with E-state index in [0.717, 1.165) is 107 Å². The molecule has 3 aromatic carbocycles. The Balaban J connectivity index is 1.33. The molecule has 0 spiro atoms. The first-order chi connectivity index (χ1) is 25.2. The molecule has 0 aliphatic carbocycles. The van der Waals surface area contributed by atoms with Crippen molar-refractivity contribution in [3.05, 3.63) is 95.1 Å². The Morgan fingerprint density at radius 1 is 0.962 bits per heavy atom. The lowest BCUT2D eigenvalue weighted by atomic mass is 9.96. The molecule has 0 bridgehead atoms. The van der Waals surface area contributed by atoms with Crippen molar-refractivity contribution in [2.75, 3.05) is 43.1 Å². The average molecular weight is 725 g/mol. The molecule has 1 aromatic heterocycles. The molecule has 4 aromatic rings. The van der Waals surface area contributed by atoms with E-state index in [2.05, 4.69) is 83.9 Å². The van der Waals surface area contributed by atoms with Crippen LogP contribution < -0.4 is 15.0 Å². The molecule has 278 valence electrons. The van der Waals surface area contributed by atoms with Crippen LogP contribution in [0.15, 0.2) is 77.5 Å². The Morgan fingerprint density at radius 3 is 2.48 bits per heavy atom. The molecule has 8 nitrogen and oxygen atoms in total. The van der Waals surface area contributed by atoms with E-state index in [1.54, 1.807) is 0 Å². The van der Waals surface area contributed by atoms with E-state index in [4.69, 9.17) is 9.47 Å². The maximum absolute atomic E-state index is 13.8. The van der Waals surface area contributed by atoms with Crippen LogP contribution in [0, 0.1) is 19.8 Å². The van der Waals surface area contributed by atoms with Crippen molar-refractivity contribution in [3.8, 4) is 16.9 Å². The minimum absolute atomic E-state index is 0.110. The van der Waals surface area contributed by atoms with Gasteiger partial charge in [0.2, 0.25) is 0 Å². The van der Waals surface area contributed by atoms with E-state index in [-0.39, 0.29) is 5.91 Å². The van der Waals surface area contributed by atoms with Crippen LogP contribution in [-0.2, 0) is 32.6 Å². The number of carbonyl (C=O) groups is 1. The number of ether oxygens (including phenoxy) is 2. The Morgan fingerprint density at radius 2 is 1.75 bits per heavy atom. The summed E-state index contributed by atoms with van der Waals surface area (Å²) in [6, 6.07) is 20.4. The second-order valence-corrected chi connectivity index (χ2v) is 15.5. The van der Waals surface area contributed by atoms with Gasteiger partial charge in [-0.2, -0.15) is 0 Å². The van der Waals surface area contributed by atoms with E-state index < -0.39 is 10.8 Å². The van der Waals surface area contributed by atoms with Crippen LogP contribution in [0.5, 0.6) is 5.75 Å². The molecular weight excluding hydrogens is 669 g/mol. The summed E-state index contributed by atoms with van der Waals surface area (Å²) in [6.07, 6.45) is 8.63. The van der Waals surface area contributed by atoms with E-state index in [0.29, 0.717) is 37.0 Å². The smallest absolute Gasteiger partial charge is 0.251 e. The number of nitrogens with one attached hydrogen (secondary N) is 1. The molecule has 1 aliphatic heterocycles. The number of anilines is 2. The molecule has 1 unspecified atom stereocenters. The minimum atomic E-state index is -1.24. The largest absolute Gasteiger partial charge is 0.491 e. The minimum Gasteiger partial charge on any atom is -0.491 e. The number of rotatable bonds is 17. The third kappa shape index (κ3) is 10.4. The average Bonchev–Trinajstić information content (AvgIpc) is 3.45. The molecular formula is C43H56N4O4S. The van der Waals surface area contributed by atoms with Crippen LogP contribution in [0.3, 0.4) is 0 Å². The molecule has 52 heavy (non-hydrogen) atoms. The lowest BCUT2D eigenvalue weighted by molar-refractivity contribution is -0.112. The Labute approximate surface area is 313 Å². The highest BCUT2D eigenvalue weighted by Crippen LogP contribution is 2.33. The quantitative estimate of drug-likeness (QED) is 0.109.